The molecule has 0 bridgehead atoms. The fourth-order valence-electron chi connectivity index (χ4n) is 3.58. The molecule has 1 fully saturated rings. The number of pyridine rings is 1. The van der Waals surface area contributed by atoms with Crippen LogP contribution in [0.1, 0.15) is 48.9 Å². The predicted molar refractivity (Wildman–Crippen MR) is 93.9 cm³/mol. The van der Waals surface area contributed by atoms with Crippen LogP contribution in [0.25, 0.3) is 0 Å². The largest absolute Gasteiger partial charge is 0.480 e. The third-order valence-electron chi connectivity index (χ3n) is 4.86. The summed E-state index contributed by atoms with van der Waals surface area (Å²) in [5, 5.41) is 9.68. The Kier molecular flexibility index (Phi) is 5.26. The number of aromatic nitrogens is 1. The van der Waals surface area contributed by atoms with E-state index in [2.05, 4.69) is 41.1 Å². The molecule has 2 aromatic rings. The van der Waals surface area contributed by atoms with E-state index >= 15 is 0 Å². The third kappa shape index (κ3) is 3.49. The summed E-state index contributed by atoms with van der Waals surface area (Å²) < 4.78 is 0. The normalized spacial score (nSPS) is 19.8. The van der Waals surface area contributed by atoms with E-state index in [0.717, 1.165) is 36.9 Å². The van der Waals surface area contributed by atoms with Crippen molar-refractivity contribution in [2.75, 3.05) is 6.54 Å². The minimum atomic E-state index is -0.728. The second kappa shape index (κ2) is 7.58. The molecule has 4 nitrogen and oxygen atoms in total. The van der Waals surface area contributed by atoms with Gasteiger partial charge in [0.2, 0.25) is 0 Å². The number of carboxylic acid groups (broad SMARTS) is 1. The number of carbonyl (C=O) groups is 1. The lowest BCUT2D eigenvalue weighted by atomic mass is 9.92. The van der Waals surface area contributed by atoms with Gasteiger partial charge in [0.1, 0.15) is 6.04 Å². The topological polar surface area (TPSA) is 53.4 Å². The molecule has 1 aromatic carbocycles. The number of hydrogen-bond acceptors (Lipinski definition) is 3. The van der Waals surface area contributed by atoms with Gasteiger partial charge in [0, 0.05) is 12.4 Å². The first-order valence-corrected chi connectivity index (χ1v) is 8.68. The minimum absolute atomic E-state index is 0.0639. The molecule has 126 valence electrons. The molecule has 2 unspecified atom stereocenters. The number of piperidine rings is 1. The first kappa shape index (κ1) is 16.7. The van der Waals surface area contributed by atoms with Crippen LogP contribution in [0.15, 0.2) is 48.8 Å². The van der Waals surface area contributed by atoms with Crippen LogP contribution in [0.2, 0.25) is 0 Å². The first-order chi connectivity index (χ1) is 11.7. The summed E-state index contributed by atoms with van der Waals surface area (Å²) in [6.07, 6.45) is 7.32. The molecule has 24 heavy (non-hydrogen) atoms. The van der Waals surface area contributed by atoms with Crippen LogP contribution in [0.3, 0.4) is 0 Å². The van der Waals surface area contributed by atoms with Crippen molar-refractivity contribution in [3.8, 4) is 0 Å². The zero-order valence-electron chi connectivity index (χ0n) is 14.1. The molecule has 3 rings (SSSR count). The number of hydrogen-bond donors (Lipinski definition) is 1. The predicted octanol–water partition coefficient (Wildman–Crippen LogP) is 3.67. The fourth-order valence-corrected chi connectivity index (χ4v) is 3.58. The maximum Gasteiger partial charge on any atom is 0.320 e. The summed E-state index contributed by atoms with van der Waals surface area (Å²) in [5.41, 5.74) is 3.47. The zero-order valence-corrected chi connectivity index (χ0v) is 14.1. The summed E-state index contributed by atoms with van der Waals surface area (Å²) in [7, 11) is 0. The SMILES string of the molecule is CCc1ccc(C(c2cccnc2)N2CCCCC2C(=O)O)cc1. The second-order valence-corrected chi connectivity index (χ2v) is 6.37. The van der Waals surface area contributed by atoms with E-state index in [0.29, 0.717) is 6.42 Å². The number of rotatable bonds is 5. The van der Waals surface area contributed by atoms with Crippen molar-refractivity contribution in [3.05, 3.63) is 65.5 Å². The average Bonchev–Trinajstić information content (AvgIpc) is 2.64. The van der Waals surface area contributed by atoms with Crippen molar-refractivity contribution in [3.63, 3.8) is 0 Å². The van der Waals surface area contributed by atoms with Crippen LogP contribution >= 0.6 is 0 Å². The Morgan fingerprint density at radius 1 is 1.25 bits per heavy atom. The fraction of sp³-hybridized carbons (Fsp3) is 0.400. The Labute approximate surface area is 143 Å². The molecule has 0 aliphatic carbocycles. The molecule has 1 aromatic heterocycles. The Morgan fingerprint density at radius 2 is 2.04 bits per heavy atom. The van der Waals surface area contributed by atoms with Crippen LogP contribution in [0, 0.1) is 0 Å². The molecule has 2 atom stereocenters. The third-order valence-corrected chi connectivity index (χ3v) is 4.86. The standard InChI is InChI=1S/C20H24N2O2/c1-2-15-8-10-16(11-9-15)19(17-6-5-12-21-14-17)22-13-4-3-7-18(22)20(23)24/h5-6,8-12,14,18-19H,2-4,7,13H2,1H3,(H,23,24). The van der Waals surface area contributed by atoms with Crippen LogP contribution in [0.4, 0.5) is 0 Å². The molecule has 0 radical (unpaired) electrons. The molecular weight excluding hydrogens is 300 g/mol. The zero-order chi connectivity index (χ0) is 16.9. The van der Waals surface area contributed by atoms with Crippen LogP contribution in [-0.4, -0.2) is 33.5 Å². The van der Waals surface area contributed by atoms with Gasteiger partial charge in [0.15, 0.2) is 0 Å². The first-order valence-electron chi connectivity index (χ1n) is 8.68. The van der Waals surface area contributed by atoms with Crippen molar-refractivity contribution in [1.29, 1.82) is 0 Å². The van der Waals surface area contributed by atoms with Gasteiger partial charge in [0.05, 0.1) is 6.04 Å². The van der Waals surface area contributed by atoms with Crippen LogP contribution in [-0.2, 0) is 11.2 Å². The van der Waals surface area contributed by atoms with Crippen LogP contribution < -0.4 is 0 Å². The monoisotopic (exact) mass is 324 g/mol. The van der Waals surface area contributed by atoms with E-state index < -0.39 is 12.0 Å². The second-order valence-electron chi connectivity index (χ2n) is 6.37. The van der Waals surface area contributed by atoms with Crippen molar-refractivity contribution in [1.82, 2.24) is 9.88 Å². The van der Waals surface area contributed by atoms with E-state index in [1.165, 1.54) is 5.56 Å². The molecule has 4 heteroatoms. The highest BCUT2D eigenvalue weighted by molar-refractivity contribution is 5.73. The number of benzene rings is 1. The summed E-state index contributed by atoms with van der Waals surface area (Å²) in [6.45, 7) is 2.94. The summed E-state index contributed by atoms with van der Waals surface area (Å²) in [5.74, 6) is -0.728. The summed E-state index contributed by atoms with van der Waals surface area (Å²) in [4.78, 5) is 18.2. The van der Waals surface area contributed by atoms with E-state index in [4.69, 9.17) is 0 Å². The average molecular weight is 324 g/mol. The van der Waals surface area contributed by atoms with Gasteiger partial charge in [-0.25, -0.2) is 0 Å². The molecule has 1 N–H and O–H groups in total. The molecule has 2 heterocycles. The number of aryl methyl sites for hydroxylation is 1. The number of likely N-dealkylation sites (tertiary alicyclic amines) is 1. The molecule has 1 aliphatic rings. The summed E-state index contributed by atoms with van der Waals surface area (Å²) >= 11 is 0. The molecule has 0 amide bonds. The van der Waals surface area contributed by atoms with Gasteiger partial charge in [-0.15, -0.1) is 0 Å². The number of nitrogens with zero attached hydrogens (tertiary/aromatic N) is 2. The van der Waals surface area contributed by atoms with Crippen molar-refractivity contribution >= 4 is 5.97 Å². The van der Waals surface area contributed by atoms with Crippen molar-refractivity contribution in [2.24, 2.45) is 0 Å². The highest BCUT2D eigenvalue weighted by Crippen LogP contribution is 2.34. The lowest BCUT2D eigenvalue weighted by Gasteiger charge is -2.39. The van der Waals surface area contributed by atoms with E-state index in [1.54, 1.807) is 6.20 Å². The quantitative estimate of drug-likeness (QED) is 0.912. The molecule has 0 spiro atoms. The number of aliphatic carboxylic acids is 1. The van der Waals surface area contributed by atoms with Gasteiger partial charge < -0.3 is 5.11 Å². The van der Waals surface area contributed by atoms with E-state index in [1.807, 2.05) is 18.3 Å². The lowest BCUT2D eigenvalue weighted by Crippen LogP contribution is -2.46. The highest BCUT2D eigenvalue weighted by Gasteiger charge is 2.35. The van der Waals surface area contributed by atoms with Gasteiger partial charge in [0.25, 0.3) is 0 Å². The van der Waals surface area contributed by atoms with Crippen LogP contribution in [0.5, 0.6) is 0 Å². The van der Waals surface area contributed by atoms with Gasteiger partial charge in [-0.05, 0) is 48.6 Å². The molecule has 1 saturated heterocycles. The number of carboxylic acids is 1. The van der Waals surface area contributed by atoms with Gasteiger partial charge in [-0.3, -0.25) is 14.7 Å². The Hall–Kier alpha value is -2.20. The molecule has 1 aliphatic heterocycles. The summed E-state index contributed by atoms with van der Waals surface area (Å²) in [6, 6.07) is 12.0. The maximum atomic E-state index is 11.8. The Morgan fingerprint density at radius 3 is 2.67 bits per heavy atom. The highest BCUT2D eigenvalue weighted by atomic mass is 16.4. The van der Waals surface area contributed by atoms with Crippen molar-refractivity contribution in [2.45, 2.75) is 44.7 Å². The van der Waals surface area contributed by atoms with Gasteiger partial charge >= 0.3 is 5.97 Å². The molecule has 0 saturated carbocycles. The minimum Gasteiger partial charge on any atom is -0.480 e. The van der Waals surface area contributed by atoms with E-state index in [-0.39, 0.29) is 6.04 Å². The smallest absolute Gasteiger partial charge is 0.320 e. The maximum absolute atomic E-state index is 11.8. The van der Waals surface area contributed by atoms with Crippen molar-refractivity contribution < 1.29 is 9.90 Å². The molecular formula is C20H24N2O2. The van der Waals surface area contributed by atoms with E-state index in [9.17, 15) is 9.90 Å². The Balaban J connectivity index is 2.02. The lowest BCUT2D eigenvalue weighted by molar-refractivity contribution is -0.145. The van der Waals surface area contributed by atoms with Gasteiger partial charge in [-0.1, -0.05) is 43.7 Å². The van der Waals surface area contributed by atoms with Gasteiger partial charge in [-0.2, -0.15) is 0 Å². The Bertz CT molecular complexity index is 670.